The summed E-state index contributed by atoms with van der Waals surface area (Å²) in [5.74, 6) is 1.96. The van der Waals surface area contributed by atoms with Gasteiger partial charge in [0.15, 0.2) is 0 Å². The van der Waals surface area contributed by atoms with E-state index in [1.165, 1.54) is 12.8 Å². The lowest BCUT2D eigenvalue weighted by atomic mass is 9.78. The van der Waals surface area contributed by atoms with Crippen LogP contribution in [0.15, 0.2) is 0 Å². The molecule has 0 heterocycles. The average molecular weight is 273 g/mol. The number of carbonyl (C=O) groups is 1. The van der Waals surface area contributed by atoms with Gasteiger partial charge in [-0.15, -0.1) is 11.8 Å². The normalized spacial score (nSPS) is 29.9. The summed E-state index contributed by atoms with van der Waals surface area (Å²) >= 11 is 1.63. The smallest absolute Gasteiger partial charge is 0.230 e. The molecule has 0 aromatic rings. The van der Waals surface area contributed by atoms with E-state index in [0.29, 0.717) is 28.9 Å². The van der Waals surface area contributed by atoms with Crippen LogP contribution in [0.3, 0.4) is 0 Å². The van der Waals surface area contributed by atoms with Crippen LogP contribution >= 0.6 is 11.8 Å². The molecule has 1 amide bonds. The van der Waals surface area contributed by atoms with Gasteiger partial charge in [0.05, 0.1) is 5.75 Å². The van der Waals surface area contributed by atoms with E-state index >= 15 is 0 Å². The van der Waals surface area contributed by atoms with E-state index in [1.807, 2.05) is 0 Å². The van der Waals surface area contributed by atoms with E-state index in [4.69, 9.17) is 5.11 Å². The molecule has 0 saturated heterocycles. The number of hydrogen-bond donors (Lipinski definition) is 2. The molecule has 2 N–H and O–H groups in total. The van der Waals surface area contributed by atoms with Crippen LogP contribution in [0.2, 0.25) is 0 Å². The first-order chi connectivity index (χ1) is 8.54. The maximum absolute atomic E-state index is 11.9. The highest BCUT2D eigenvalue weighted by atomic mass is 32.2. The van der Waals surface area contributed by atoms with E-state index in [0.717, 1.165) is 12.8 Å². The molecule has 0 aromatic carbocycles. The molecule has 0 aromatic heterocycles. The Balaban J connectivity index is 2.26. The van der Waals surface area contributed by atoms with Gasteiger partial charge in [0, 0.05) is 17.9 Å². The Labute approximate surface area is 115 Å². The molecule has 4 unspecified atom stereocenters. The molecule has 18 heavy (non-hydrogen) atoms. The minimum atomic E-state index is 0.149. The Morgan fingerprint density at radius 1 is 1.44 bits per heavy atom. The number of amides is 1. The highest BCUT2D eigenvalue weighted by molar-refractivity contribution is 8.00. The molecule has 0 spiro atoms. The Hall–Kier alpha value is -0.220. The van der Waals surface area contributed by atoms with Crippen LogP contribution in [0.4, 0.5) is 0 Å². The second kappa shape index (κ2) is 8.05. The first-order valence-electron chi connectivity index (χ1n) is 7.06. The fraction of sp³-hybridized carbons (Fsp3) is 0.929. The quantitative estimate of drug-likeness (QED) is 0.781. The predicted octanol–water partition coefficient (Wildman–Crippen LogP) is 2.43. The number of thioether (sulfide) groups is 1. The van der Waals surface area contributed by atoms with Gasteiger partial charge < -0.3 is 10.4 Å². The van der Waals surface area contributed by atoms with Crippen molar-refractivity contribution >= 4 is 17.7 Å². The van der Waals surface area contributed by atoms with Crippen LogP contribution in [0.25, 0.3) is 0 Å². The Morgan fingerprint density at radius 2 is 2.17 bits per heavy atom. The van der Waals surface area contributed by atoms with Gasteiger partial charge >= 0.3 is 0 Å². The van der Waals surface area contributed by atoms with Crippen molar-refractivity contribution in [3.8, 4) is 0 Å². The van der Waals surface area contributed by atoms with Crippen molar-refractivity contribution in [3.05, 3.63) is 0 Å². The highest BCUT2D eigenvalue weighted by Gasteiger charge is 2.27. The third-order valence-electron chi connectivity index (χ3n) is 4.09. The maximum atomic E-state index is 11.9. The van der Waals surface area contributed by atoms with Crippen LogP contribution in [0, 0.1) is 11.8 Å². The Bertz CT molecular complexity index is 260. The van der Waals surface area contributed by atoms with E-state index in [1.54, 1.807) is 11.8 Å². The molecule has 1 aliphatic carbocycles. The van der Waals surface area contributed by atoms with Crippen molar-refractivity contribution in [1.29, 1.82) is 0 Å². The van der Waals surface area contributed by atoms with E-state index < -0.39 is 0 Å². The lowest BCUT2D eigenvalue weighted by Crippen LogP contribution is -2.44. The van der Waals surface area contributed by atoms with Crippen molar-refractivity contribution in [2.75, 3.05) is 12.4 Å². The number of aliphatic hydroxyl groups excluding tert-OH is 1. The first-order valence-corrected chi connectivity index (χ1v) is 8.11. The van der Waals surface area contributed by atoms with Gasteiger partial charge in [-0.1, -0.05) is 33.6 Å². The minimum absolute atomic E-state index is 0.149. The molecule has 3 nitrogen and oxygen atoms in total. The summed E-state index contributed by atoms with van der Waals surface area (Å²) in [5.41, 5.74) is 0. The predicted molar refractivity (Wildman–Crippen MR) is 77.7 cm³/mol. The average Bonchev–Trinajstić information content (AvgIpc) is 2.33. The summed E-state index contributed by atoms with van der Waals surface area (Å²) < 4.78 is 0. The zero-order valence-electron chi connectivity index (χ0n) is 11.8. The lowest BCUT2D eigenvalue weighted by Gasteiger charge is -2.34. The van der Waals surface area contributed by atoms with Gasteiger partial charge in [-0.3, -0.25) is 4.79 Å². The molecule has 4 heteroatoms. The summed E-state index contributed by atoms with van der Waals surface area (Å²) in [6.07, 6.45) is 4.39. The second-order valence-corrected chi connectivity index (χ2v) is 7.00. The molecular formula is C14H27NO2S. The minimum Gasteiger partial charge on any atom is -0.396 e. The van der Waals surface area contributed by atoms with Gasteiger partial charge in [-0.05, 0) is 24.7 Å². The lowest BCUT2D eigenvalue weighted by molar-refractivity contribution is -0.120. The topological polar surface area (TPSA) is 49.3 Å². The van der Waals surface area contributed by atoms with Gasteiger partial charge in [-0.2, -0.15) is 0 Å². The first kappa shape index (κ1) is 15.8. The standard InChI is InChI=1S/C14H27NO2S/c1-10-5-4-6-13(12(10)3)15-14(17)9-18-11(2)7-8-16/h10-13,16H,4-9H2,1-3H3,(H,15,17). The third-order valence-corrected chi connectivity index (χ3v) is 5.32. The maximum Gasteiger partial charge on any atom is 0.230 e. The third kappa shape index (κ3) is 5.19. The number of hydrogen-bond acceptors (Lipinski definition) is 3. The summed E-state index contributed by atoms with van der Waals surface area (Å²) in [6.45, 7) is 6.78. The second-order valence-electron chi connectivity index (χ2n) is 5.58. The zero-order valence-corrected chi connectivity index (χ0v) is 12.6. The van der Waals surface area contributed by atoms with Crippen molar-refractivity contribution in [2.24, 2.45) is 11.8 Å². The van der Waals surface area contributed by atoms with E-state index in [2.05, 4.69) is 26.1 Å². The van der Waals surface area contributed by atoms with Crippen molar-refractivity contribution < 1.29 is 9.90 Å². The SMILES string of the molecule is CC(CCO)SCC(=O)NC1CCCC(C)C1C. The summed E-state index contributed by atoms with van der Waals surface area (Å²) in [7, 11) is 0. The van der Waals surface area contributed by atoms with Gasteiger partial charge in [0.1, 0.15) is 0 Å². The molecule has 4 atom stereocenters. The van der Waals surface area contributed by atoms with Crippen molar-refractivity contribution in [1.82, 2.24) is 5.32 Å². The Morgan fingerprint density at radius 3 is 2.83 bits per heavy atom. The van der Waals surface area contributed by atoms with Gasteiger partial charge in [0.2, 0.25) is 5.91 Å². The summed E-state index contributed by atoms with van der Waals surface area (Å²) in [4.78, 5) is 11.9. The molecule has 0 aliphatic heterocycles. The van der Waals surface area contributed by atoms with Crippen LogP contribution < -0.4 is 5.32 Å². The molecule has 0 radical (unpaired) electrons. The van der Waals surface area contributed by atoms with Crippen LogP contribution in [-0.2, 0) is 4.79 Å². The van der Waals surface area contributed by atoms with Crippen molar-refractivity contribution in [3.63, 3.8) is 0 Å². The highest BCUT2D eigenvalue weighted by Crippen LogP contribution is 2.29. The molecular weight excluding hydrogens is 246 g/mol. The molecule has 1 fully saturated rings. The molecule has 1 aliphatic rings. The largest absolute Gasteiger partial charge is 0.396 e. The van der Waals surface area contributed by atoms with Crippen LogP contribution in [0.1, 0.15) is 46.5 Å². The molecule has 1 saturated carbocycles. The van der Waals surface area contributed by atoms with E-state index in [-0.39, 0.29) is 12.5 Å². The number of aliphatic hydroxyl groups is 1. The van der Waals surface area contributed by atoms with E-state index in [9.17, 15) is 4.79 Å². The number of nitrogens with one attached hydrogen (secondary N) is 1. The monoisotopic (exact) mass is 273 g/mol. The van der Waals surface area contributed by atoms with Crippen LogP contribution in [0.5, 0.6) is 0 Å². The fourth-order valence-corrected chi connectivity index (χ4v) is 3.31. The zero-order chi connectivity index (χ0) is 13.5. The Kier molecular flexibility index (Phi) is 7.08. The summed E-state index contributed by atoms with van der Waals surface area (Å²) in [5, 5.41) is 12.3. The van der Waals surface area contributed by atoms with Crippen molar-refractivity contribution in [2.45, 2.75) is 57.7 Å². The number of carbonyl (C=O) groups excluding carboxylic acids is 1. The summed E-state index contributed by atoms with van der Waals surface area (Å²) in [6, 6.07) is 0.356. The number of rotatable bonds is 6. The van der Waals surface area contributed by atoms with Crippen LogP contribution in [-0.4, -0.2) is 34.7 Å². The molecule has 1 rings (SSSR count). The van der Waals surface area contributed by atoms with Gasteiger partial charge in [0.25, 0.3) is 0 Å². The van der Waals surface area contributed by atoms with Gasteiger partial charge in [-0.25, -0.2) is 0 Å². The fourth-order valence-electron chi connectivity index (χ4n) is 2.52. The molecule has 0 bridgehead atoms. The molecule has 106 valence electrons.